The van der Waals surface area contributed by atoms with E-state index in [0.717, 1.165) is 23.4 Å². The summed E-state index contributed by atoms with van der Waals surface area (Å²) in [4.78, 5) is 34.6. The van der Waals surface area contributed by atoms with Crippen LogP contribution in [0.1, 0.15) is 36.3 Å². The highest BCUT2D eigenvalue weighted by Crippen LogP contribution is 2.35. The Morgan fingerprint density at radius 2 is 2.05 bits per heavy atom. The quantitative estimate of drug-likeness (QED) is 0.313. The number of amides is 1. The van der Waals surface area contributed by atoms with E-state index in [1.165, 1.54) is 18.2 Å². The molecule has 1 aromatic carbocycles. The molecule has 4 aromatic rings. The molecule has 11 heteroatoms. The minimum Gasteiger partial charge on any atom is -0.477 e. The number of nitrogens with two attached hydrogens (primary N) is 1. The number of aromatic amines is 1. The molecule has 3 N–H and O–H groups in total. The van der Waals surface area contributed by atoms with Crippen LogP contribution in [0.15, 0.2) is 54.9 Å². The number of ether oxygens (including phenoxy) is 1. The smallest absolute Gasteiger partial charge is 0.255 e. The Kier molecular flexibility index (Phi) is 8.27. The van der Waals surface area contributed by atoms with E-state index in [0.29, 0.717) is 61.4 Å². The minimum absolute atomic E-state index is 0.00430. The molecule has 40 heavy (non-hydrogen) atoms. The summed E-state index contributed by atoms with van der Waals surface area (Å²) in [7, 11) is 0. The predicted octanol–water partition coefficient (Wildman–Crippen LogP) is 4.92. The molecule has 0 radical (unpaired) electrons. The lowest BCUT2D eigenvalue weighted by atomic mass is 10.0. The van der Waals surface area contributed by atoms with Gasteiger partial charge in [0.2, 0.25) is 5.88 Å². The number of hydrogen-bond donors (Lipinski definition) is 2. The second-order valence-corrected chi connectivity index (χ2v) is 9.85. The van der Waals surface area contributed by atoms with Gasteiger partial charge in [-0.2, -0.15) is 0 Å². The highest BCUT2D eigenvalue weighted by Gasteiger charge is 2.32. The van der Waals surface area contributed by atoms with Crippen molar-refractivity contribution in [2.45, 2.75) is 32.9 Å². The fourth-order valence-corrected chi connectivity index (χ4v) is 5.22. The number of carbonyl (C=O) groups is 1. The van der Waals surface area contributed by atoms with Crippen molar-refractivity contribution in [3.8, 4) is 28.7 Å². The standard InChI is InChI=1S/C29H31ClFN7O2/c1-3-20-17-37(29(39)21-8-7-18(31)14-23(21)30)12-13-38(20)25-10-9-24(22-6-5-11-33-28(22)40-4-2)36-26(25)27-34-16-19(15-32)35-27/h5-11,14,16,20H,3-4,12-13,15,17,32H2,1-2H3,(H,34,35)/t20-/m1/s1. The molecule has 5 rings (SSSR count). The third-order valence-corrected chi connectivity index (χ3v) is 7.30. The van der Waals surface area contributed by atoms with Gasteiger partial charge in [0.05, 0.1) is 34.1 Å². The molecule has 0 bridgehead atoms. The molecule has 3 aromatic heterocycles. The fourth-order valence-electron chi connectivity index (χ4n) is 4.97. The van der Waals surface area contributed by atoms with Crippen LogP contribution in [0.2, 0.25) is 5.02 Å². The van der Waals surface area contributed by atoms with Crippen LogP contribution < -0.4 is 15.4 Å². The highest BCUT2D eigenvalue weighted by molar-refractivity contribution is 6.33. The van der Waals surface area contributed by atoms with E-state index < -0.39 is 5.82 Å². The number of rotatable bonds is 8. The van der Waals surface area contributed by atoms with Gasteiger partial charge < -0.3 is 25.3 Å². The van der Waals surface area contributed by atoms with Crippen molar-refractivity contribution in [2.75, 3.05) is 31.1 Å². The lowest BCUT2D eigenvalue weighted by Gasteiger charge is -2.43. The van der Waals surface area contributed by atoms with Gasteiger partial charge in [-0.25, -0.2) is 19.3 Å². The van der Waals surface area contributed by atoms with Gasteiger partial charge in [-0.05, 0) is 55.8 Å². The summed E-state index contributed by atoms with van der Waals surface area (Å²) in [5, 5.41) is 0.109. The van der Waals surface area contributed by atoms with Crippen molar-refractivity contribution in [3.63, 3.8) is 0 Å². The summed E-state index contributed by atoms with van der Waals surface area (Å²) < 4.78 is 19.3. The SMILES string of the molecule is CCOc1ncccc1-c1ccc(N2CCN(C(=O)c3ccc(F)cc3Cl)C[C@H]2CC)c(-c2ncc(CN)[nH]2)n1. The van der Waals surface area contributed by atoms with Gasteiger partial charge in [0.1, 0.15) is 11.5 Å². The molecule has 208 valence electrons. The number of carbonyl (C=O) groups excluding carboxylic acids is 1. The summed E-state index contributed by atoms with van der Waals surface area (Å²) in [6, 6.07) is 11.6. The third kappa shape index (κ3) is 5.50. The maximum absolute atomic E-state index is 13.6. The second-order valence-electron chi connectivity index (χ2n) is 9.45. The van der Waals surface area contributed by atoms with Crippen molar-refractivity contribution in [1.82, 2.24) is 24.8 Å². The minimum atomic E-state index is -0.475. The van der Waals surface area contributed by atoms with Gasteiger partial charge in [0.15, 0.2) is 5.82 Å². The topological polar surface area (TPSA) is 113 Å². The summed E-state index contributed by atoms with van der Waals surface area (Å²) >= 11 is 6.20. The van der Waals surface area contributed by atoms with Crippen LogP contribution in [-0.2, 0) is 6.54 Å². The number of aromatic nitrogens is 4. The van der Waals surface area contributed by atoms with Crippen LogP contribution in [0.4, 0.5) is 10.1 Å². The maximum atomic E-state index is 13.6. The number of H-pyrrole nitrogens is 1. The molecule has 0 unspecified atom stereocenters. The number of nitrogens with zero attached hydrogens (tertiary/aromatic N) is 5. The molecule has 9 nitrogen and oxygen atoms in total. The number of piperazine rings is 1. The molecule has 0 saturated carbocycles. The first-order valence-electron chi connectivity index (χ1n) is 13.3. The first kappa shape index (κ1) is 27.5. The van der Waals surface area contributed by atoms with Crippen LogP contribution >= 0.6 is 11.6 Å². The monoisotopic (exact) mass is 563 g/mol. The molecule has 1 amide bonds. The first-order chi connectivity index (χ1) is 19.4. The Labute approximate surface area is 237 Å². The van der Waals surface area contributed by atoms with Crippen LogP contribution in [0.5, 0.6) is 5.88 Å². The average Bonchev–Trinajstić information content (AvgIpc) is 3.46. The molecule has 1 fully saturated rings. The molecule has 1 atom stereocenters. The van der Waals surface area contributed by atoms with E-state index >= 15 is 0 Å². The largest absolute Gasteiger partial charge is 0.477 e. The van der Waals surface area contributed by atoms with Crippen LogP contribution in [0.3, 0.4) is 0 Å². The molecular formula is C29H31ClFN7O2. The van der Waals surface area contributed by atoms with Crippen LogP contribution in [0.25, 0.3) is 22.8 Å². The molecule has 1 aliphatic heterocycles. The number of anilines is 1. The predicted molar refractivity (Wildman–Crippen MR) is 153 cm³/mol. The number of hydrogen-bond acceptors (Lipinski definition) is 7. The zero-order chi connectivity index (χ0) is 28.2. The number of imidazole rings is 1. The van der Waals surface area contributed by atoms with Crippen LogP contribution in [-0.4, -0.2) is 63.0 Å². The van der Waals surface area contributed by atoms with E-state index in [9.17, 15) is 9.18 Å². The van der Waals surface area contributed by atoms with Gasteiger partial charge >= 0.3 is 0 Å². The normalized spacial score (nSPS) is 15.4. The van der Waals surface area contributed by atoms with Gasteiger partial charge in [-0.3, -0.25) is 4.79 Å². The first-order valence-corrected chi connectivity index (χ1v) is 13.7. The van der Waals surface area contributed by atoms with Crippen molar-refractivity contribution in [1.29, 1.82) is 0 Å². The van der Waals surface area contributed by atoms with Gasteiger partial charge in [0.25, 0.3) is 5.91 Å². The van der Waals surface area contributed by atoms with Crippen molar-refractivity contribution >= 4 is 23.2 Å². The van der Waals surface area contributed by atoms with Gasteiger partial charge in [-0.1, -0.05) is 18.5 Å². The van der Waals surface area contributed by atoms with E-state index in [1.54, 1.807) is 17.3 Å². The molecular weight excluding hydrogens is 533 g/mol. The zero-order valence-electron chi connectivity index (χ0n) is 22.4. The number of halogens is 2. The summed E-state index contributed by atoms with van der Waals surface area (Å²) in [5.74, 6) is 0.425. The Hall–Kier alpha value is -4.02. The lowest BCUT2D eigenvalue weighted by molar-refractivity contribution is 0.0721. The molecule has 1 aliphatic rings. The van der Waals surface area contributed by atoms with E-state index in [4.69, 9.17) is 27.1 Å². The van der Waals surface area contributed by atoms with E-state index in [2.05, 4.69) is 26.8 Å². The highest BCUT2D eigenvalue weighted by atomic mass is 35.5. The fraction of sp³-hybridized carbons (Fsp3) is 0.310. The third-order valence-electron chi connectivity index (χ3n) is 6.99. The molecule has 1 saturated heterocycles. The Bertz CT molecular complexity index is 1510. The molecule has 0 spiro atoms. The Morgan fingerprint density at radius 3 is 2.77 bits per heavy atom. The Morgan fingerprint density at radius 1 is 1.20 bits per heavy atom. The summed E-state index contributed by atoms with van der Waals surface area (Å²) in [6.45, 7) is 6.32. The average molecular weight is 564 g/mol. The Balaban J connectivity index is 1.50. The number of pyridine rings is 2. The van der Waals surface area contributed by atoms with E-state index in [1.807, 2.05) is 31.2 Å². The summed E-state index contributed by atoms with van der Waals surface area (Å²) in [6.07, 6.45) is 4.19. The van der Waals surface area contributed by atoms with Crippen molar-refractivity contribution in [3.05, 3.63) is 77.0 Å². The maximum Gasteiger partial charge on any atom is 0.255 e. The van der Waals surface area contributed by atoms with Crippen molar-refractivity contribution in [2.24, 2.45) is 5.73 Å². The van der Waals surface area contributed by atoms with Gasteiger partial charge in [0, 0.05) is 50.3 Å². The van der Waals surface area contributed by atoms with Crippen LogP contribution in [0, 0.1) is 5.82 Å². The van der Waals surface area contributed by atoms with E-state index in [-0.39, 0.29) is 17.0 Å². The zero-order valence-corrected chi connectivity index (χ0v) is 23.2. The number of nitrogens with one attached hydrogen (secondary N) is 1. The van der Waals surface area contributed by atoms with Gasteiger partial charge in [-0.15, -0.1) is 0 Å². The summed E-state index contributed by atoms with van der Waals surface area (Å²) in [5.41, 5.74) is 9.99. The molecule has 0 aliphatic carbocycles. The second kappa shape index (κ2) is 12.0. The number of benzene rings is 1. The van der Waals surface area contributed by atoms with Crippen molar-refractivity contribution < 1.29 is 13.9 Å². The lowest BCUT2D eigenvalue weighted by Crippen LogP contribution is -2.55. The molecule has 4 heterocycles.